The van der Waals surface area contributed by atoms with Crippen molar-refractivity contribution in [2.45, 2.75) is 12.8 Å². The van der Waals surface area contributed by atoms with Crippen molar-refractivity contribution in [1.82, 2.24) is 0 Å². The highest BCUT2D eigenvalue weighted by molar-refractivity contribution is 6.25. The fourth-order valence-electron chi connectivity index (χ4n) is 0.413. The normalized spacial score (nSPS) is 8.09. The van der Waals surface area contributed by atoms with Crippen molar-refractivity contribution in [3.05, 3.63) is 5.53 Å². The van der Waals surface area contributed by atoms with Gasteiger partial charge >= 0.3 is 12.2 Å². The number of hydrogen-bond donors (Lipinski definition) is 1. The van der Waals surface area contributed by atoms with E-state index in [4.69, 9.17) is 5.53 Å². The van der Waals surface area contributed by atoms with Crippen LogP contribution in [-0.2, 0) is 14.4 Å². The summed E-state index contributed by atoms with van der Waals surface area (Å²) in [5.41, 5.74) is 7.87. The van der Waals surface area contributed by atoms with Gasteiger partial charge in [-0.3, -0.25) is 9.59 Å². The lowest BCUT2D eigenvalue weighted by Gasteiger charge is -1.91. The van der Waals surface area contributed by atoms with Crippen molar-refractivity contribution >= 4 is 18.0 Å². The van der Waals surface area contributed by atoms with E-state index in [1.807, 2.05) is 0 Å². The van der Waals surface area contributed by atoms with Gasteiger partial charge in [0.05, 0.1) is 6.42 Å². The molecule has 0 aromatic carbocycles. The summed E-state index contributed by atoms with van der Waals surface area (Å²) in [5.74, 6) is 3.35. The molecule has 2 N–H and O–H groups in total. The highest BCUT2D eigenvalue weighted by Crippen LogP contribution is 1.89. The molecule has 0 unspecified atom stereocenters. The van der Waals surface area contributed by atoms with E-state index in [-0.39, 0.29) is 12.8 Å². The largest absolute Gasteiger partial charge is 0.373 e. The first kappa shape index (κ1) is 9.48. The van der Waals surface area contributed by atoms with Gasteiger partial charge in [-0.05, 0) is 0 Å². The van der Waals surface area contributed by atoms with Gasteiger partial charge in [0.25, 0.3) is 0 Å². The van der Waals surface area contributed by atoms with Gasteiger partial charge in [-0.2, -0.15) is 10.7 Å². The van der Waals surface area contributed by atoms with E-state index in [1.54, 1.807) is 0 Å². The van der Waals surface area contributed by atoms with Gasteiger partial charge < -0.3 is 10.4 Å². The zero-order valence-electron chi connectivity index (χ0n) is 5.69. The van der Waals surface area contributed by atoms with Crippen LogP contribution in [0.15, 0.2) is 0 Å². The van der Waals surface area contributed by atoms with E-state index in [0.717, 1.165) is 0 Å². The molecule has 0 saturated carbocycles. The molecule has 0 aliphatic carbocycles. The lowest BCUT2D eigenvalue weighted by molar-refractivity contribution is -0.145. The number of hydrogen-bond acceptors (Lipinski definition) is 4. The summed E-state index contributed by atoms with van der Waals surface area (Å²) < 4.78 is 0. The molecular formula is C5H7N3O3. The summed E-state index contributed by atoms with van der Waals surface area (Å²) in [7, 11) is 0. The smallest absolute Gasteiger partial charge is 0.324 e. The first-order valence-corrected chi connectivity index (χ1v) is 2.80. The number of nitrogens with zero attached hydrogens (tertiary/aromatic N) is 2. The van der Waals surface area contributed by atoms with Gasteiger partial charge in [0.15, 0.2) is 0 Å². The Morgan fingerprint density at radius 1 is 1.55 bits per heavy atom. The highest BCUT2D eigenvalue weighted by atomic mass is 16.7. The molecular weight excluding hydrogens is 150 g/mol. The molecule has 0 atom stereocenters. The lowest BCUT2D eigenvalue weighted by Crippen LogP contribution is -2.12. The van der Waals surface area contributed by atoms with E-state index in [1.165, 1.54) is 0 Å². The Balaban J connectivity index is 3.62. The minimum absolute atomic E-state index is 0.0694. The molecule has 0 spiro atoms. The van der Waals surface area contributed by atoms with Gasteiger partial charge in [0.1, 0.15) is 0 Å². The number of nitrogens with two attached hydrogens (primary N) is 1. The minimum Gasteiger partial charge on any atom is -0.373 e. The zero-order valence-corrected chi connectivity index (χ0v) is 5.69. The summed E-state index contributed by atoms with van der Waals surface area (Å²) in [6.45, 7) is 0. The van der Waals surface area contributed by atoms with Crippen molar-refractivity contribution in [3.8, 4) is 0 Å². The number of Topliss-reactive ketones (excluding diaryl/α,β-unsaturated/α-hetero) is 1. The summed E-state index contributed by atoms with van der Waals surface area (Å²) in [5, 5.41) is 0. The second-order valence-electron chi connectivity index (χ2n) is 1.70. The van der Waals surface area contributed by atoms with Crippen LogP contribution in [-0.4, -0.2) is 22.8 Å². The van der Waals surface area contributed by atoms with E-state index in [9.17, 15) is 9.59 Å². The fraction of sp³-hybridized carbons (Fsp3) is 0.400. The van der Waals surface area contributed by atoms with Crippen LogP contribution in [0, 0.1) is 0 Å². The van der Waals surface area contributed by atoms with Gasteiger partial charge in [-0.15, -0.1) is 0 Å². The Hall–Kier alpha value is -1.52. The van der Waals surface area contributed by atoms with Crippen LogP contribution in [0.3, 0.4) is 0 Å². The maximum atomic E-state index is 10.5. The number of carbonyl (C=O) groups excluding carboxylic acids is 2. The maximum absolute atomic E-state index is 10.5. The minimum atomic E-state index is -0.676. The molecule has 0 aliphatic rings. The molecule has 0 rings (SSSR count). The Kier molecular flexibility index (Phi) is 4.55. The Morgan fingerprint density at radius 3 is 2.64 bits per heavy atom. The number of ketones is 1. The Labute approximate surface area is 62.5 Å². The van der Waals surface area contributed by atoms with Crippen LogP contribution in [0.4, 0.5) is 0 Å². The first-order valence-electron chi connectivity index (χ1n) is 2.80. The monoisotopic (exact) mass is 157 g/mol. The lowest BCUT2D eigenvalue weighted by atomic mass is 10.2. The van der Waals surface area contributed by atoms with Crippen molar-refractivity contribution in [2.24, 2.45) is 5.90 Å². The van der Waals surface area contributed by atoms with Crippen molar-refractivity contribution in [1.29, 1.82) is 0 Å². The van der Waals surface area contributed by atoms with E-state index in [0.29, 0.717) is 6.21 Å². The standard InChI is InChI=1S/C5H7N3O3/c6-8-3-4(9)1-2-5(10)11-7/h3H,1-2,7H2. The van der Waals surface area contributed by atoms with Crippen LogP contribution in [0.1, 0.15) is 12.8 Å². The van der Waals surface area contributed by atoms with Crippen molar-refractivity contribution in [3.63, 3.8) is 0 Å². The highest BCUT2D eigenvalue weighted by Gasteiger charge is 2.07. The molecule has 6 heteroatoms. The molecule has 0 aromatic rings. The Morgan fingerprint density at radius 2 is 2.18 bits per heavy atom. The predicted octanol–water partition coefficient (Wildman–Crippen LogP) is -0.947. The second-order valence-corrected chi connectivity index (χ2v) is 1.70. The first-order chi connectivity index (χ1) is 5.20. The maximum Gasteiger partial charge on any atom is 0.324 e. The molecule has 6 nitrogen and oxygen atoms in total. The molecule has 0 heterocycles. The van der Waals surface area contributed by atoms with Gasteiger partial charge in [-0.25, -0.2) is 0 Å². The molecule has 0 aromatic heterocycles. The average Bonchev–Trinajstić information content (AvgIpc) is 2.01. The van der Waals surface area contributed by atoms with E-state index >= 15 is 0 Å². The molecule has 0 radical (unpaired) electrons. The molecule has 11 heavy (non-hydrogen) atoms. The third-order valence-corrected chi connectivity index (χ3v) is 0.909. The molecule has 60 valence electrons. The summed E-state index contributed by atoms with van der Waals surface area (Å²) in [6.07, 6.45) is 0.533. The third kappa shape index (κ3) is 4.95. The van der Waals surface area contributed by atoms with Crippen molar-refractivity contribution < 1.29 is 19.2 Å². The van der Waals surface area contributed by atoms with Gasteiger partial charge in [0.2, 0.25) is 5.78 Å². The van der Waals surface area contributed by atoms with Crippen LogP contribution < -0.4 is 5.90 Å². The van der Waals surface area contributed by atoms with E-state index < -0.39 is 11.8 Å². The second kappa shape index (κ2) is 5.28. The summed E-state index contributed by atoms with van der Waals surface area (Å²) in [4.78, 5) is 27.1. The number of rotatable bonds is 4. The van der Waals surface area contributed by atoms with Crippen LogP contribution in [0.25, 0.3) is 5.53 Å². The average molecular weight is 157 g/mol. The van der Waals surface area contributed by atoms with Crippen LogP contribution in [0.2, 0.25) is 0 Å². The Bertz CT molecular complexity index is 207. The van der Waals surface area contributed by atoms with E-state index in [2.05, 4.69) is 15.5 Å². The quantitative estimate of drug-likeness (QED) is 0.246. The summed E-state index contributed by atoms with van der Waals surface area (Å²) >= 11 is 0. The molecule has 0 saturated heterocycles. The molecule has 0 bridgehead atoms. The predicted molar refractivity (Wildman–Crippen MR) is 34.2 cm³/mol. The SMILES string of the molecule is [N-]=[N+]=CC(=O)CCC(=O)ON. The van der Waals surface area contributed by atoms with Crippen molar-refractivity contribution in [2.75, 3.05) is 0 Å². The number of carbonyl (C=O) groups is 2. The van der Waals surface area contributed by atoms with Gasteiger partial charge in [0, 0.05) is 6.42 Å². The fourth-order valence-corrected chi connectivity index (χ4v) is 0.413. The zero-order chi connectivity index (χ0) is 8.69. The van der Waals surface area contributed by atoms with Crippen LogP contribution in [0.5, 0.6) is 0 Å². The summed E-state index contributed by atoms with van der Waals surface area (Å²) in [6, 6.07) is 0. The molecule has 0 amide bonds. The topological polar surface area (TPSA) is 106 Å². The molecule has 0 aliphatic heterocycles. The molecule has 0 fully saturated rings. The third-order valence-electron chi connectivity index (χ3n) is 0.909. The van der Waals surface area contributed by atoms with Gasteiger partial charge in [-0.1, -0.05) is 0 Å². The van der Waals surface area contributed by atoms with Crippen LogP contribution >= 0.6 is 0 Å².